The standard InChI is InChI=1S/C32H46N2O6/c1-19(35)40-26-17-32(38)24-9-8-21-16-22(33-29(37)25-6-5-15-34(25)4)11-13-30(21,2)23(24)12-14-31(32,3)28(26)20-7-10-27(36)39-18-20/h7,10,18,21-26,28,38H,5-6,8-9,11-17H2,1-4H3,(H,33,37). The predicted octanol–water partition coefficient (Wildman–Crippen LogP) is 4.00. The number of hydrogen-bond acceptors (Lipinski definition) is 7. The van der Waals surface area contributed by atoms with Gasteiger partial charge in [-0.05, 0) is 106 Å². The molecule has 4 aliphatic carbocycles. The number of carbonyl (C=O) groups excluding carboxylic acids is 2. The Morgan fingerprint density at radius 3 is 2.58 bits per heavy atom. The second-order valence-corrected chi connectivity index (χ2v) is 14.2. The van der Waals surface area contributed by atoms with Gasteiger partial charge in [-0.1, -0.05) is 13.8 Å². The number of esters is 1. The summed E-state index contributed by atoms with van der Waals surface area (Å²) in [6.45, 7) is 7.01. The maximum atomic E-state index is 13.0. The van der Waals surface area contributed by atoms with Gasteiger partial charge in [0, 0.05) is 36.8 Å². The highest BCUT2D eigenvalue weighted by molar-refractivity contribution is 5.82. The first-order valence-corrected chi connectivity index (χ1v) is 15.5. The molecule has 220 valence electrons. The first-order chi connectivity index (χ1) is 19.0. The Kier molecular flexibility index (Phi) is 6.97. The third-order valence-corrected chi connectivity index (χ3v) is 12.4. The number of fused-ring (bicyclic) bond motifs is 5. The SMILES string of the molecule is CC(=O)OC1CC2(O)C3CCC4CC(NC(=O)C5CCCN5C)CCC4(C)C3CCC2(C)C1c1ccc(=O)oc1. The largest absolute Gasteiger partial charge is 0.462 e. The number of amides is 1. The molecule has 0 bridgehead atoms. The van der Waals surface area contributed by atoms with Gasteiger partial charge < -0.3 is 19.6 Å². The van der Waals surface area contributed by atoms with E-state index in [1.807, 2.05) is 7.05 Å². The molecule has 8 heteroatoms. The summed E-state index contributed by atoms with van der Waals surface area (Å²) in [4.78, 5) is 39.1. The lowest BCUT2D eigenvalue weighted by atomic mass is 9.43. The average Bonchev–Trinajstić information content (AvgIpc) is 3.42. The highest BCUT2D eigenvalue weighted by atomic mass is 16.5. The van der Waals surface area contributed by atoms with Crippen LogP contribution in [0.2, 0.25) is 0 Å². The van der Waals surface area contributed by atoms with Crippen molar-refractivity contribution < 1.29 is 23.8 Å². The first kappa shape index (κ1) is 28.0. The molecule has 5 aliphatic rings. The molecule has 2 heterocycles. The summed E-state index contributed by atoms with van der Waals surface area (Å²) in [6.07, 6.45) is 10.3. The molecule has 1 aromatic heterocycles. The first-order valence-electron chi connectivity index (χ1n) is 15.5. The zero-order valence-electron chi connectivity index (χ0n) is 24.5. The zero-order chi connectivity index (χ0) is 28.4. The van der Waals surface area contributed by atoms with Gasteiger partial charge in [-0.3, -0.25) is 14.5 Å². The Labute approximate surface area is 237 Å². The van der Waals surface area contributed by atoms with E-state index in [0.717, 1.165) is 69.9 Å². The van der Waals surface area contributed by atoms with E-state index in [0.29, 0.717) is 18.3 Å². The van der Waals surface area contributed by atoms with Crippen molar-refractivity contribution in [1.82, 2.24) is 10.2 Å². The number of rotatable bonds is 4. The van der Waals surface area contributed by atoms with Crippen LogP contribution < -0.4 is 10.9 Å². The van der Waals surface area contributed by atoms with Crippen LogP contribution in [0.1, 0.15) is 96.5 Å². The molecule has 0 aromatic carbocycles. The van der Waals surface area contributed by atoms with Crippen LogP contribution in [0.3, 0.4) is 0 Å². The van der Waals surface area contributed by atoms with Crippen LogP contribution in [0.5, 0.6) is 0 Å². The van der Waals surface area contributed by atoms with Crippen LogP contribution in [-0.2, 0) is 14.3 Å². The minimum Gasteiger partial charge on any atom is -0.462 e. The van der Waals surface area contributed by atoms with Gasteiger partial charge >= 0.3 is 11.6 Å². The minimum absolute atomic E-state index is 0.00689. The van der Waals surface area contributed by atoms with Gasteiger partial charge in [0.05, 0.1) is 17.9 Å². The smallest absolute Gasteiger partial charge is 0.335 e. The third kappa shape index (κ3) is 4.27. The lowest BCUT2D eigenvalue weighted by molar-refractivity contribution is -0.202. The van der Waals surface area contributed by atoms with Crippen molar-refractivity contribution >= 4 is 11.9 Å². The van der Waals surface area contributed by atoms with E-state index < -0.39 is 22.7 Å². The van der Waals surface area contributed by atoms with Gasteiger partial charge in [0.15, 0.2) is 0 Å². The summed E-state index contributed by atoms with van der Waals surface area (Å²) >= 11 is 0. The molecule has 5 fully saturated rings. The van der Waals surface area contributed by atoms with E-state index in [-0.39, 0.29) is 41.2 Å². The second-order valence-electron chi connectivity index (χ2n) is 14.2. The summed E-state index contributed by atoms with van der Waals surface area (Å²) < 4.78 is 11.1. The summed E-state index contributed by atoms with van der Waals surface area (Å²) in [7, 11) is 2.05. The molecule has 1 aromatic rings. The number of likely N-dealkylation sites (tertiary alicyclic amines) is 1. The van der Waals surface area contributed by atoms with Crippen molar-refractivity contribution in [2.75, 3.05) is 13.6 Å². The molecule has 10 atom stereocenters. The Balaban J connectivity index is 1.23. The van der Waals surface area contributed by atoms with E-state index in [1.165, 1.54) is 19.3 Å². The molecule has 8 nitrogen and oxygen atoms in total. The Bertz CT molecular complexity index is 1200. The number of hydrogen-bond donors (Lipinski definition) is 2. The van der Waals surface area contributed by atoms with Crippen LogP contribution in [0, 0.1) is 28.6 Å². The summed E-state index contributed by atoms with van der Waals surface area (Å²) in [5, 5.41) is 16.1. The van der Waals surface area contributed by atoms with Gasteiger partial charge in [-0.25, -0.2) is 4.79 Å². The number of carbonyl (C=O) groups is 2. The molecule has 0 spiro atoms. The van der Waals surface area contributed by atoms with Crippen molar-refractivity contribution in [2.24, 2.45) is 28.6 Å². The second kappa shape index (κ2) is 9.97. The zero-order valence-corrected chi connectivity index (χ0v) is 24.5. The summed E-state index contributed by atoms with van der Waals surface area (Å²) in [5.74, 6) is 0.616. The molecule has 1 amide bonds. The molecule has 0 radical (unpaired) electrons. The molecule has 2 N–H and O–H groups in total. The number of ether oxygens (including phenoxy) is 1. The maximum Gasteiger partial charge on any atom is 0.335 e. The molecular weight excluding hydrogens is 508 g/mol. The van der Waals surface area contributed by atoms with Gasteiger partial charge in [0.2, 0.25) is 5.91 Å². The average molecular weight is 555 g/mol. The van der Waals surface area contributed by atoms with Crippen LogP contribution in [0.4, 0.5) is 0 Å². The normalized spacial score (nSPS) is 44.8. The fourth-order valence-electron chi connectivity index (χ4n) is 10.4. The molecule has 1 saturated heterocycles. The van der Waals surface area contributed by atoms with Crippen LogP contribution in [-0.4, -0.2) is 59.3 Å². The van der Waals surface area contributed by atoms with Crippen molar-refractivity contribution in [3.8, 4) is 0 Å². The van der Waals surface area contributed by atoms with Gasteiger partial charge in [0.1, 0.15) is 6.10 Å². The lowest BCUT2D eigenvalue weighted by Crippen LogP contribution is -2.62. The maximum absolute atomic E-state index is 13.0. The monoisotopic (exact) mass is 554 g/mol. The Morgan fingerprint density at radius 2 is 1.90 bits per heavy atom. The van der Waals surface area contributed by atoms with Crippen molar-refractivity contribution in [2.45, 2.75) is 115 Å². The highest BCUT2D eigenvalue weighted by Crippen LogP contribution is 2.70. The van der Waals surface area contributed by atoms with Crippen LogP contribution in [0.15, 0.2) is 27.6 Å². The van der Waals surface area contributed by atoms with E-state index >= 15 is 0 Å². The highest BCUT2D eigenvalue weighted by Gasteiger charge is 2.70. The summed E-state index contributed by atoms with van der Waals surface area (Å²) in [5.41, 5.74) is -0.978. The number of nitrogens with one attached hydrogen (secondary N) is 1. The Morgan fingerprint density at radius 1 is 1.10 bits per heavy atom. The van der Waals surface area contributed by atoms with Crippen molar-refractivity contribution in [1.29, 1.82) is 0 Å². The lowest BCUT2D eigenvalue weighted by Gasteiger charge is -2.63. The molecule has 40 heavy (non-hydrogen) atoms. The quantitative estimate of drug-likeness (QED) is 0.542. The topological polar surface area (TPSA) is 109 Å². The van der Waals surface area contributed by atoms with E-state index in [1.54, 1.807) is 6.07 Å². The van der Waals surface area contributed by atoms with Crippen LogP contribution >= 0.6 is 0 Å². The number of aliphatic hydroxyl groups is 1. The minimum atomic E-state index is -0.983. The third-order valence-electron chi connectivity index (χ3n) is 12.4. The number of nitrogens with zero attached hydrogens (tertiary/aromatic N) is 1. The Hall–Kier alpha value is -2.19. The van der Waals surface area contributed by atoms with Crippen LogP contribution in [0.25, 0.3) is 0 Å². The van der Waals surface area contributed by atoms with Gasteiger partial charge in [-0.15, -0.1) is 0 Å². The molecule has 10 unspecified atom stereocenters. The van der Waals surface area contributed by atoms with Gasteiger partial charge in [-0.2, -0.15) is 0 Å². The van der Waals surface area contributed by atoms with Crippen molar-refractivity contribution in [3.63, 3.8) is 0 Å². The fraction of sp³-hybridized carbons (Fsp3) is 0.781. The molecular formula is C32H46N2O6. The van der Waals surface area contributed by atoms with E-state index in [4.69, 9.17) is 9.15 Å². The summed E-state index contributed by atoms with van der Waals surface area (Å²) in [6, 6.07) is 3.42. The molecule has 1 aliphatic heterocycles. The fourth-order valence-corrected chi connectivity index (χ4v) is 10.4. The molecule has 6 rings (SSSR count). The van der Waals surface area contributed by atoms with Crippen molar-refractivity contribution in [3.05, 3.63) is 34.4 Å². The molecule has 4 saturated carbocycles. The van der Waals surface area contributed by atoms with Gasteiger partial charge in [0.25, 0.3) is 0 Å². The number of likely N-dealkylation sites (N-methyl/N-ethyl adjacent to an activating group) is 1. The predicted molar refractivity (Wildman–Crippen MR) is 149 cm³/mol. The van der Waals surface area contributed by atoms with E-state index in [9.17, 15) is 19.5 Å². The van der Waals surface area contributed by atoms with E-state index in [2.05, 4.69) is 24.1 Å².